The van der Waals surface area contributed by atoms with Gasteiger partial charge in [0.05, 0.1) is 15.7 Å². The van der Waals surface area contributed by atoms with E-state index in [4.69, 9.17) is 23.2 Å². The summed E-state index contributed by atoms with van der Waals surface area (Å²) in [6.45, 7) is 2.86. The number of H-pyrrole nitrogens is 1. The van der Waals surface area contributed by atoms with Crippen LogP contribution in [0.2, 0.25) is 10.0 Å². The van der Waals surface area contributed by atoms with Crippen LogP contribution in [-0.4, -0.2) is 16.7 Å². The van der Waals surface area contributed by atoms with E-state index in [1.54, 1.807) is 6.07 Å². The molecular weight excluding hydrogens is 245 g/mol. The molecule has 84 valence electrons. The van der Waals surface area contributed by atoms with Gasteiger partial charge in [0.2, 0.25) is 0 Å². The molecule has 1 aromatic carbocycles. The molecule has 0 spiro atoms. The van der Waals surface area contributed by atoms with E-state index in [2.05, 4.69) is 15.5 Å². The third kappa shape index (κ3) is 2.31. The fourth-order valence-corrected chi connectivity index (χ4v) is 1.70. The summed E-state index contributed by atoms with van der Waals surface area (Å²) >= 11 is 11.8. The first-order valence-electron chi connectivity index (χ1n) is 4.95. The second-order valence-corrected chi connectivity index (χ2v) is 4.14. The first-order chi connectivity index (χ1) is 7.70. The van der Waals surface area contributed by atoms with Gasteiger partial charge in [-0.15, -0.1) is 0 Å². The van der Waals surface area contributed by atoms with Crippen LogP contribution < -0.4 is 5.32 Å². The lowest BCUT2D eigenvalue weighted by Crippen LogP contribution is -1.95. The molecule has 0 saturated carbocycles. The van der Waals surface area contributed by atoms with E-state index >= 15 is 0 Å². The summed E-state index contributed by atoms with van der Waals surface area (Å²) in [4.78, 5) is 0. The molecule has 5 heteroatoms. The summed E-state index contributed by atoms with van der Waals surface area (Å²) in [5.74, 6) is 0.823. The molecule has 3 nitrogen and oxygen atoms in total. The van der Waals surface area contributed by atoms with Gasteiger partial charge < -0.3 is 5.32 Å². The van der Waals surface area contributed by atoms with E-state index in [0.29, 0.717) is 10.0 Å². The average molecular weight is 256 g/mol. The molecule has 0 fully saturated rings. The highest BCUT2D eigenvalue weighted by Crippen LogP contribution is 2.28. The first kappa shape index (κ1) is 11.3. The Morgan fingerprint density at radius 1 is 1.25 bits per heavy atom. The molecule has 0 amide bonds. The smallest absolute Gasteiger partial charge is 0.148 e. The van der Waals surface area contributed by atoms with E-state index < -0.39 is 0 Å². The molecule has 1 heterocycles. The van der Waals surface area contributed by atoms with Crippen molar-refractivity contribution in [1.29, 1.82) is 0 Å². The summed E-state index contributed by atoms with van der Waals surface area (Å²) in [7, 11) is 0. The maximum Gasteiger partial charge on any atom is 0.148 e. The van der Waals surface area contributed by atoms with E-state index in [1.807, 2.05) is 25.1 Å². The van der Waals surface area contributed by atoms with Gasteiger partial charge in [0.15, 0.2) is 0 Å². The Kier molecular flexibility index (Phi) is 3.36. The number of benzene rings is 1. The standard InChI is InChI=1S/C11H11Cl2N3/c1-2-14-11-6-10(15-16-11)7-3-4-8(12)9(13)5-7/h3-6H,2H2,1H3,(H2,14,15,16). The fourth-order valence-electron chi connectivity index (χ4n) is 1.40. The van der Waals surface area contributed by atoms with Crippen LogP contribution in [0.25, 0.3) is 11.3 Å². The van der Waals surface area contributed by atoms with Crippen LogP contribution in [0.15, 0.2) is 24.3 Å². The predicted molar refractivity (Wildman–Crippen MR) is 68.2 cm³/mol. The maximum absolute atomic E-state index is 5.95. The van der Waals surface area contributed by atoms with Gasteiger partial charge in [-0.25, -0.2) is 0 Å². The molecule has 2 N–H and O–H groups in total. The van der Waals surface area contributed by atoms with Crippen LogP contribution in [-0.2, 0) is 0 Å². The molecule has 2 aromatic rings. The normalized spacial score (nSPS) is 10.4. The summed E-state index contributed by atoms with van der Waals surface area (Å²) in [6, 6.07) is 7.42. The van der Waals surface area contributed by atoms with E-state index in [-0.39, 0.29) is 0 Å². The lowest BCUT2D eigenvalue weighted by atomic mass is 10.1. The Bertz CT molecular complexity index is 494. The van der Waals surface area contributed by atoms with Crippen molar-refractivity contribution in [2.24, 2.45) is 0 Å². The highest BCUT2D eigenvalue weighted by molar-refractivity contribution is 6.42. The molecule has 0 bridgehead atoms. The van der Waals surface area contributed by atoms with Gasteiger partial charge in [-0.3, -0.25) is 5.10 Å². The number of aromatic nitrogens is 2. The molecule has 1 aromatic heterocycles. The third-order valence-electron chi connectivity index (χ3n) is 2.17. The Hall–Kier alpha value is -1.19. The van der Waals surface area contributed by atoms with Crippen LogP contribution in [0.5, 0.6) is 0 Å². The Morgan fingerprint density at radius 3 is 2.75 bits per heavy atom. The molecule has 2 rings (SSSR count). The summed E-state index contributed by atoms with van der Waals surface area (Å²) in [6.07, 6.45) is 0. The van der Waals surface area contributed by atoms with E-state index in [0.717, 1.165) is 23.6 Å². The zero-order chi connectivity index (χ0) is 11.5. The number of anilines is 1. The van der Waals surface area contributed by atoms with Gasteiger partial charge in [-0.1, -0.05) is 29.3 Å². The van der Waals surface area contributed by atoms with Crippen molar-refractivity contribution in [2.45, 2.75) is 6.92 Å². The molecule has 0 atom stereocenters. The average Bonchev–Trinajstić information content (AvgIpc) is 2.71. The minimum atomic E-state index is 0.541. The summed E-state index contributed by atoms with van der Waals surface area (Å²) in [5.41, 5.74) is 1.88. The van der Waals surface area contributed by atoms with Crippen molar-refractivity contribution in [1.82, 2.24) is 10.2 Å². The zero-order valence-corrected chi connectivity index (χ0v) is 10.2. The minimum Gasteiger partial charge on any atom is -0.369 e. The molecule has 16 heavy (non-hydrogen) atoms. The van der Waals surface area contributed by atoms with Crippen LogP contribution in [0.4, 0.5) is 5.82 Å². The molecule has 0 unspecified atom stereocenters. The summed E-state index contributed by atoms with van der Waals surface area (Å²) in [5, 5.41) is 11.3. The zero-order valence-electron chi connectivity index (χ0n) is 8.72. The quantitative estimate of drug-likeness (QED) is 0.876. The summed E-state index contributed by atoms with van der Waals surface area (Å²) < 4.78 is 0. The van der Waals surface area contributed by atoms with E-state index in [1.165, 1.54) is 0 Å². The van der Waals surface area contributed by atoms with Crippen molar-refractivity contribution in [3.63, 3.8) is 0 Å². The number of nitrogens with zero attached hydrogens (tertiary/aromatic N) is 1. The number of hydrogen-bond acceptors (Lipinski definition) is 2. The lowest BCUT2D eigenvalue weighted by molar-refractivity contribution is 1.07. The van der Waals surface area contributed by atoms with Crippen LogP contribution in [0.1, 0.15) is 6.92 Å². The predicted octanol–water partition coefficient (Wildman–Crippen LogP) is 3.82. The van der Waals surface area contributed by atoms with E-state index in [9.17, 15) is 0 Å². The Morgan fingerprint density at radius 2 is 2.06 bits per heavy atom. The van der Waals surface area contributed by atoms with Gasteiger partial charge in [-0.05, 0) is 19.1 Å². The molecule has 0 saturated heterocycles. The molecule has 0 radical (unpaired) electrons. The van der Waals surface area contributed by atoms with Crippen molar-refractivity contribution < 1.29 is 0 Å². The highest BCUT2D eigenvalue weighted by atomic mass is 35.5. The third-order valence-corrected chi connectivity index (χ3v) is 2.91. The van der Waals surface area contributed by atoms with Gasteiger partial charge in [-0.2, -0.15) is 5.10 Å². The fraction of sp³-hybridized carbons (Fsp3) is 0.182. The second-order valence-electron chi connectivity index (χ2n) is 3.33. The second kappa shape index (κ2) is 4.76. The van der Waals surface area contributed by atoms with Gasteiger partial charge in [0.25, 0.3) is 0 Å². The Labute approximate surface area is 104 Å². The number of rotatable bonds is 3. The van der Waals surface area contributed by atoms with Gasteiger partial charge in [0, 0.05) is 18.2 Å². The molecule has 0 aliphatic heterocycles. The number of aromatic amines is 1. The maximum atomic E-state index is 5.95. The number of nitrogens with one attached hydrogen (secondary N) is 2. The highest BCUT2D eigenvalue weighted by Gasteiger charge is 2.05. The van der Waals surface area contributed by atoms with Crippen molar-refractivity contribution >= 4 is 29.0 Å². The molecule has 0 aliphatic carbocycles. The Balaban J connectivity index is 2.31. The largest absolute Gasteiger partial charge is 0.369 e. The lowest BCUT2D eigenvalue weighted by Gasteiger charge is -1.99. The van der Waals surface area contributed by atoms with Crippen molar-refractivity contribution in [3.05, 3.63) is 34.3 Å². The number of halogens is 2. The topological polar surface area (TPSA) is 40.7 Å². The molecule has 0 aliphatic rings. The number of hydrogen-bond donors (Lipinski definition) is 2. The van der Waals surface area contributed by atoms with Crippen LogP contribution >= 0.6 is 23.2 Å². The molecular formula is C11H11Cl2N3. The van der Waals surface area contributed by atoms with Crippen LogP contribution in [0.3, 0.4) is 0 Å². The van der Waals surface area contributed by atoms with Gasteiger partial charge in [0.1, 0.15) is 5.82 Å². The van der Waals surface area contributed by atoms with Crippen LogP contribution in [0, 0.1) is 0 Å². The monoisotopic (exact) mass is 255 g/mol. The van der Waals surface area contributed by atoms with Crippen molar-refractivity contribution in [3.8, 4) is 11.3 Å². The van der Waals surface area contributed by atoms with Crippen molar-refractivity contribution in [2.75, 3.05) is 11.9 Å². The SMILES string of the molecule is CCNc1cc(-c2ccc(Cl)c(Cl)c2)[nH]n1. The minimum absolute atomic E-state index is 0.541. The van der Waals surface area contributed by atoms with Gasteiger partial charge >= 0.3 is 0 Å². The first-order valence-corrected chi connectivity index (χ1v) is 5.71.